The van der Waals surface area contributed by atoms with Crippen molar-refractivity contribution in [1.82, 2.24) is 0 Å². The van der Waals surface area contributed by atoms with Crippen LogP contribution in [0.2, 0.25) is 0 Å². The fraction of sp³-hybridized carbons (Fsp3) is 0.842. The number of hydrogen-bond donors (Lipinski definition) is 2. The topological polar surface area (TPSA) is 44.1 Å². The van der Waals surface area contributed by atoms with Gasteiger partial charge in [0.15, 0.2) is 0 Å². The zero-order chi connectivity index (χ0) is 14.8. The molecule has 0 bridgehead atoms. The summed E-state index contributed by atoms with van der Waals surface area (Å²) in [4.78, 5) is 0. The molecular weight excluding hydrogens is 258 g/mol. The van der Waals surface area contributed by atoms with Crippen molar-refractivity contribution in [2.75, 3.05) is 0 Å². The molecule has 0 unspecified atom stereocenters. The average molecular weight is 287 g/mol. The molecule has 0 spiro atoms. The van der Waals surface area contributed by atoms with Crippen LogP contribution in [0.15, 0.2) is 11.6 Å². The number of aliphatic hydroxyl groups excluding tert-OH is 1. The maximum atomic E-state index is 10.5. The number of nitrogens with one attached hydrogen (secondary N) is 1. The Balaban J connectivity index is 1.69. The molecule has 2 heteroatoms. The van der Waals surface area contributed by atoms with E-state index in [9.17, 15) is 5.11 Å². The average Bonchev–Trinajstić information content (AvgIpc) is 2.76. The van der Waals surface area contributed by atoms with Gasteiger partial charge in [0.05, 0.1) is 6.10 Å². The van der Waals surface area contributed by atoms with Gasteiger partial charge in [-0.25, -0.2) is 0 Å². The zero-order valence-corrected chi connectivity index (χ0v) is 13.5. The number of hydrogen-bond acceptors (Lipinski definition) is 2. The van der Waals surface area contributed by atoms with Gasteiger partial charge >= 0.3 is 0 Å². The SMILES string of the molecule is C[C@]12CC[C@H]3[C@@H](CCC4=CC(=N)CC[C@@]43C)[C@@H]1CC[C@@H]2O. The summed E-state index contributed by atoms with van der Waals surface area (Å²) in [5.74, 6) is 2.36. The summed E-state index contributed by atoms with van der Waals surface area (Å²) in [6.45, 7) is 4.84. The third-order valence-corrected chi connectivity index (χ3v) is 7.95. The minimum Gasteiger partial charge on any atom is -0.393 e. The highest BCUT2D eigenvalue weighted by atomic mass is 16.3. The number of fused-ring (bicyclic) bond motifs is 5. The monoisotopic (exact) mass is 287 g/mol. The first-order valence-corrected chi connectivity index (χ1v) is 8.92. The molecule has 0 aromatic rings. The fourth-order valence-corrected chi connectivity index (χ4v) is 6.56. The van der Waals surface area contributed by atoms with E-state index in [4.69, 9.17) is 5.41 Å². The Hall–Kier alpha value is -0.630. The van der Waals surface area contributed by atoms with Crippen molar-refractivity contribution in [3.63, 3.8) is 0 Å². The van der Waals surface area contributed by atoms with Gasteiger partial charge in [-0.05, 0) is 86.0 Å². The molecule has 116 valence electrons. The first kappa shape index (κ1) is 14.0. The first-order chi connectivity index (χ1) is 9.95. The van der Waals surface area contributed by atoms with Crippen LogP contribution in [0.4, 0.5) is 0 Å². The van der Waals surface area contributed by atoms with E-state index in [2.05, 4.69) is 19.9 Å². The summed E-state index contributed by atoms with van der Waals surface area (Å²) in [7, 11) is 0. The van der Waals surface area contributed by atoms with Crippen LogP contribution in [0.25, 0.3) is 0 Å². The predicted octanol–water partition coefficient (Wildman–Crippen LogP) is 4.33. The highest BCUT2D eigenvalue weighted by Crippen LogP contribution is 2.65. The second-order valence-corrected chi connectivity index (χ2v) is 8.67. The lowest BCUT2D eigenvalue weighted by Crippen LogP contribution is -2.51. The van der Waals surface area contributed by atoms with Crippen LogP contribution in [0, 0.1) is 34.0 Å². The van der Waals surface area contributed by atoms with Gasteiger partial charge in [-0.1, -0.05) is 19.4 Å². The standard InChI is InChI=1S/C19H29NO/c1-18-9-7-13(20)11-12(18)3-4-14-15-5-6-17(21)19(15,2)10-8-16(14)18/h11,14-17,20-21H,3-10H2,1-2H3/t14-,15-,16-,17-,18-,19-/m0/s1. The quantitative estimate of drug-likeness (QED) is 0.684. The van der Waals surface area contributed by atoms with E-state index in [0.29, 0.717) is 5.41 Å². The van der Waals surface area contributed by atoms with Crippen molar-refractivity contribution in [1.29, 1.82) is 5.41 Å². The molecule has 0 heterocycles. The Morgan fingerprint density at radius 3 is 2.67 bits per heavy atom. The second-order valence-electron chi connectivity index (χ2n) is 8.67. The molecule has 6 atom stereocenters. The van der Waals surface area contributed by atoms with Crippen molar-refractivity contribution in [2.24, 2.45) is 28.6 Å². The fourth-order valence-electron chi connectivity index (χ4n) is 6.56. The minimum absolute atomic E-state index is 0.0623. The summed E-state index contributed by atoms with van der Waals surface area (Å²) in [5.41, 5.74) is 2.96. The van der Waals surface area contributed by atoms with Crippen molar-refractivity contribution in [3.8, 4) is 0 Å². The van der Waals surface area contributed by atoms with Crippen LogP contribution in [0.3, 0.4) is 0 Å². The summed E-state index contributed by atoms with van der Waals surface area (Å²) in [5, 5.41) is 18.5. The maximum absolute atomic E-state index is 10.5. The molecule has 0 aromatic carbocycles. The molecule has 0 saturated heterocycles. The molecule has 21 heavy (non-hydrogen) atoms. The molecule has 3 fully saturated rings. The lowest BCUT2D eigenvalue weighted by molar-refractivity contribution is -0.0721. The summed E-state index contributed by atoms with van der Waals surface area (Å²) in [6.07, 6.45) is 11.5. The van der Waals surface area contributed by atoms with Crippen LogP contribution in [0.5, 0.6) is 0 Å². The molecule has 4 aliphatic rings. The lowest BCUT2D eigenvalue weighted by atomic mass is 9.47. The van der Waals surface area contributed by atoms with Crippen LogP contribution < -0.4 is 0 Å². The maximum Gasteiger partial charge on any atom is 0.0596 e. The van der Waals surface area contributed by atoms with Crippen LogP contribution in [-0.4, -0.2) is 16.9 Å². The van der Waals surface area contributed by atoms with Gasteiger partial charge in [0.2, 0.25) is 0 Å². The van der Waals surface area contributed by atoms with E-state index in [1.54, 1.807) is 5.57 Å². The molecule has 4 aliphatic carbocycles. The highest BCUT2D eigenvalue weighted by molar-refractivity contribution is 5.94. The van der Waals surface area contributed by atoms with Crippen LogP contribution in [-0.2, 0) is 0 Å². The van der Waals surface area contributed by atoms with Gasteiger partial charge in [-0.2, -0.15) is 0 Å². The van der Waals surface area contributed by atoms with Gasteiger partial charge in [0.1, 0.15) is 0 Å². The molecule has 0 amide bonds. The third kappa shape index (κ3) is 1.78. The minimum atomic E-state index is -0.0623. The van der Waals surface area contributed by atoms with Crippen LogP contribution in [0.1, 0.15) is 65.2 Å². The summed E-state index contributed by atoms with van der Waals surface area (Å²) in [6, 6.07) is 0. The lowest BCUT2D eigenvalue weighted by Gasteiger charge is -2.57. The van der Waals surface area contributed by atoms with Crippen molar-refractivity contribution >= 4 is 5.71 Å². The van der Waals surface area contributed by atoms with Gasteiger partial charge < -0.3 is 10.5 Å². The van der Waals surface area contributed by atoms with E-state index in [0.717, 1.165) is 36.3 Å². The molecule has 0 aromatic heterocycles. The van der Waals surface area contributed by atoms with Crippen LogP contribution >= 0.6 is 0 Å². The third-order valence-electron chi connectivity index (χ3n) is 7.95. The van der Waals surface area contributed by atoms with E-state index in [1.165, 1.54) is 38.5 Å². The summed E-state index contributed by atoms with van der Waals surface area (Å²) >= 11 is 0. The highest BCUT2D eigenvalue weighted by Gasteiger charge is 2.58. The Morgan fingerprint density at radius 2 is 1.86 bits per heavy atom. The largest absolute Gasteiger partial charge is 0.393 e. The first-order valence-electron chi connectivity index (χ1n) is 8.92. The van der Waals surface area contributed by atoms with E-state index in [1.807, 2.05) is 0 Å². The van der Waals surface area contributed by atoms with Crippen molar-refractivity contribution in [3.05, 3.63) is 11.6 Å². The van der Waals surface area contributed by atoms with E-state index >= 15 is 0 Å². The van der Waals surface area contributed by atoms with Crippen molar-refractivity contribution in [2.45, 2.75) is 71.3 Å². The number of aliphatic hydroxyl groups is 1. The molecule has 0 aliphatic heterocycles. The van der Waals surface area contributed by atoms with Gasteiger partial charge in [-0.3, -0.25) is 0 Å². The molecule has 3 saturated carbocycles. The van der Waals surface area contributed by atoms with Gasteiger partial charge in [0.25, 0.3) is 0 Å². The van der Waals surface area contributed by atoms with Gasteiger partial charge in [-0.15, -0.1) is 0 Å². The Bertz CT molecular complexity index is 510. The second kappa shape index (κ2) is 4.44. The Morgan fingerprint density at radius 1 is 1.05 bits per heavy atom. The molecule has 2 nitrogen and oxygen atoms in total. The Labute approximate surface area is 128 Å². The molecule has 4 rings (SSSR count). The van der Waals surface area contributed by atoms with Crippen molar-refractivity contribution < 1.29 is 5.11 Å². The Kier molecular flexibility index (Phi) is 2.96. The number of rotatable bonds is 0. The smallest absolute Gasteiger partial charge is 0.0596 e. The predicted molar refractivity (Wildman–Crippen MR) is 85.4 cm³/mol. The zero-order valence-electron chi connectivity index (χ0n) is 13.5. The van der Waals surface area contributed by atoms with Gasteiger partial charge in [0, 0.05) is 5.71 Å². The van der Waals surface area contributed by atoms with E-state index < -0.39 is 0 Å². The molecule has 2 N–H and O–H groups in total. The normalized spacial score (nSPS) is 52.7. The molecule has 0 radical (unpaired) electrons. The molecular formula is C19H29NO. The van der Waals surface area contributed by atoms with E-state index in [-0.39, 0.29) is 11.5 Å². The summed E-state index contributed by atoms with van der Waals surface area (Å²) < 4.78 is 0. The number of allylic oxidation sites excluding steroid dienone is 2.